The molecule has 1 aliphatic carbocycles. The summed E-state index contributed by atoms with van der Waals surface area (Å²) in [7, 11) is 0. The molecule has 2 rings (SSSR count). The molecular weight excluding hydrogens is 196 g/mol. The second kappa shape index (κ2) is 4.33. The molecule has 0 N–H and O–H groups in total. The third-order valence-corrected chi connectivity index (χ3v) is 5.18. The first-order chi connectivity index (χ1) is 7.39. The lowest BCUT2D eigenvalue weighted by Crippen LogP contribution is -2.24. The first kappa shape index (κ1) is 12.4. The van der Waals surface area contributed by atoms with Crippen LogP contribution in [0.4, 0.5) is 0 Å². The molecule has 1 heteroatoms. The van der Waals surface area contributed by atoms with Crippen molar-refractivity contribution in [3.05, 3.63) is 0 Å². The summed E-state index contributed by atoms with van der Waals surface area (Å²) in [5.74, 6) is 3.32. The normalized spacial score (nSPS) is 41.1. The maximum atomic E-state index is 6.02. The molecule has 1 heterocycles. The molecule has 0 amide bonds. The van der Waals surface area contributed by atoms with E-state index in [4.69, 9.17) is 4.74 Å². The Balaban J connectivity index is 1.93. The van der Waals surface area contributed by atoms with Gasteiger partial charge >= 0.3 is 0 Å². The van der Waals surface area contributed by atoms with Crippen molar-refractivity contribution < 1.29 is 4.74 Å². The van der Waals surface area contributed by atoms with Gasteiger partial charge in [0, 0.05) is 0 Å². The number of ether oxygens (including phenoxy) is 1. The first-order valence-corrected chi connectivity index (χ1v) is 7.01. The minimum Gasteiger partial charge on any atom is -0.377 e. The van der Waals surface area contributed by atoms with Crippen LogP contribution in [0, 0.1) is 29.1 Å². The fraction of sp³-hybridized carbons (Fsp3) is 1.00. The van der Waals surface area contributed by atoms with Crippen LogP contribution in [0.15, 0.2) is 0 Å². The lowest BCUT2D eigenvalue weighted by atomic mass is 9.74. The fourth-order valence-corrected chi connectivity index (χ4v) is 3.41. The molecule has 2 aliphatic rings. The Morgan fingerprint density at radius 1 is 1.25 bits per heavy atom. The summed E-state index contributed by atoms with van der Waals surface area (Å²) in [6, 6.07) is 0. The summed E-state index contributed by atoms with van der Waals surface area (Å²) in [4.78, 5) is 0. The molecule has 0 radical (unpaired) electrons. The van der Waals surface area contributed by atoms with E-state index in [9.17, 15) is 0 Å². The van der Waals surface area contributed by atoms with Gasteiger partial charge in [-0.05, 0) is 48.3 Å². The summed E-state index contributed by atoms with van der Waals surface area (Å²) < 4.78 is 6.02. The van der Waals surface area contributed by atoms with Gasteiger partial charge in [0.25, 0.3) is 0 Å². The zero-order valence-corrected chi connectivity index (χ0v) is 11.6. The molecule has 16 heavy (non-hydrogen) atoms. The minimum absolute atomic E-state index is 0.447. The SMILES string of the molecule is CC1CCC2C(CC(C)C(C)(C)C)COC12. The van der Waals surface area contributed by atoms with E-state index >= 15 is 0 Å². The third kappa shape index (κ3) is 2.30. The zero-order valence-electron chi connectivity index (χ0n) is 11.6. The summed E-state index contributed by atoms with van der Waals surface area (Å²) >= 11 is 0. The van der Waals surface area contributed by atoms with Gasteiger partial charge in [-0.25, -0.2) is 0 Å². The number of fused-ring (bicyclic) bond motifs is 1. The van der Waals surface area contributed by atoms with E-state index in [2.05, 4.69) is 34.6 Å². The highest BCUT2D eigenvalue weighted by atomic mass is 16.5. The Labute approximate surface area is 101 Å². The van der Waals surface area contributed by atoms with E-state index < -0.39 is 0 Å². The van der Waals surface area contributed by atoms with Crippen LogP contribution in [0.3, 0.4) is 0 Å². The first-order valence-electron chi connectivity index (χ1n) is 7.01. The molecule has 1 aliphatic heterocycles. The van der Waals surface area contributed by atoms with Gasteiger partial charge in [0.1, 0.15) is 0 Å². The second-order valence-electron chi connectivity index (χ2n) is 7.28. The monoisotopic (exact) mass is 224 g/mol. The van der Waals surface area contributed by atoms with Crippen molar-refractivity contribution in [2.24, 2.45) is 29.1 Å². The molecule has 5 unspecified atom stereocenters. The lowest BCUT2D eigenvalue weighted by Gasteiger charge is -2.30. The second-order valence-corrected chi connectivity index (χ2v) is 7.28. The molecule has 0 aromatic heterocycles. The van der Waals surface area contributed by atoms with Gasteiger partial charge in [-0.2, -0.15) is 0 Å². The molecular formula is C15H28O. The summed E-state index contributed by atoms with van der Waals surface area (Å²) in [6.45, 7) is 12.9. The predicted molar refractivity (Wildman–Crippen MR) is 68.4 cm³/mol. The zero-order chi connectivity index (χ0) is 11.9. The van der Waals surface area contributed by atoms with Crippen LogP contribution in [0.2, 0.25) is 0 Å². The van der Waals surface area contributed by atoms with Crippen LogP contribution >= 0.6 is 0 Å². The van der Waals surface area contributed by atoms with Crippen molar-refractivity contribution in [3.63, 3.8) is 0 Å². The van der Waals surface area contributed by atoms with Crippen LogP contribution < -0.4 is 0 Å². The van der Waals surface area contributed by atoms with Crippen LogP contribution in [-0.4, -0.2) is 12.7 Å². The van der Waals surface area contributed by atoms with Gasteiger partial charge in [-0.15, -0.1) is 0 Å². The third-order valence-electron chi connectivity index (χ3n) is 5.18. The van der Waals surface area contributed by atoms with Gasteiger partial charge in [0.15, 0.2) is 0 Å². The predicted octanol–water partition coefficient (Wildman–Crippen LogP) is 4.12. The van der Waals surface area contributed by atoms with Crippen LogP contribution in [0.25, 0.3) is 0 Å². The molecule has 0 aromatic carbocycles. The Morgan fingerprint density at radius 3 is 2.56 bits per heavy atom. The topological polar surface area (TPSA) is 9.23 Å². The van der Waals surface area contributed by atoms with Gasteiger partial charge in [0.05, 0.1) is 12.7 Å². The number of hydrogen-bond acceptors (Lipinski definition) is 1. The molecule has 5 atom stereocenters. The van der Waals surface area contributed by atoms with E-state index in [1.54, 1.807) is 0 Å². The molecule has 2 fully saturated rings. The highest BCUT2D eigenvalue weighted by Crippen LogP contribution is 2.46. The van der Waals surface area contributed by atoms with Crippen molar-refractivity contribution >= 4 is 0 Å². The highest BCUT2D eigenvalue weighted by Gasteiger charge is 2.44. The smallest absolute Gasteiger partial charge is 0.0632 e. The van der Waals surface area contributed by atoms with Gasteiger partial charge in [-0.3, -0.25) is 0 Å². The molecule has 1 nitrogen and oxygen atoms in total. The van der Waals surface area contributed by atoms with Crippen molar-refractivity contribution in [2.75, 3.05) is 6.61 Å². The van der Waals surface area contributed by atoms with E-state index in [0.29, 0.717) is 11.5 Å². The molecule has 1 saturated carbocycles. The average Bonchev–Trinajstić information content (AvgIpc) is 2.70. The van der Waals surface area contributed by atoms with Gasteiger partial charge in [0.2, 0.25) is 0 Å². The number of hydrogen-bond donors (Lipinski definition) is 0. The fourth-order valence-electron chi connectivity index (χ4n) is 3.41. The van der Waals surface area contributed by atoms with Crippen LogP contribution in [0.1, 0.15) is 53.9 Å². The Bertz CT molecular complexity index is 240. The average molecular weight is 224 g/mol. The van der Waals surface area contributed by atoms with Gasteiger partial charge < -0.3 is 4.74 Å². The number of rotatable bonds is 2. The summed E-state index contributed by atoms with van der Waals surface area (Å²) in [5, 5.41) is 0. The Hall–Kier alpha value is -0.0400. The maximum Gasteiger partial charge on any atom is 0.0632 e. The minimum atomic E-state index is 0.447. The van der Waals surface area contributed by atoms with Crippen LogP contribution in [0.5, 0.6) is 0 Å². The van der Waals surface area contributed by atoms with Gasteiger partial charge in [-0.1, -0.05) is 34.6 Å². The summed E-state index contributed by atoms with van der Waals surface area (Å²) in [6.07, 6.45) is 4.75. The molecule has 0 spiro atoms. The van der Waals surface area contributed by atoms with E-state index in [-0.39, 0.29) is 0 Å². The standard InChI is InChI=1S/C15H28O/c1-10-6-7-13-12(9-16-14(10)13)8-11(2)15(3,4)5/h10-14H,6-9H2,1-5H3. The highest BCUT2D eigenvalue weighted by molar-refractivity contribution is 4.93. The largest absolute Gasteiger partial charge is 0.377 e. The molecule has 0 aromatic rings. The lowest BCUT2D eigenvalue weighted by molar-refractivity contribution is 0.0694. The van der Waals surface area contributed by atoms with E-state index in [0.717, 1.165) is 30.3 Å². The van der Waals surface area contributed by atoms with Crippen molar-refractivity contribution in [1.29, 1.82) is 0 Å². The van der Waals surface area contributed by atoms with Crippen LogP contribution in [-0.2, 0) is 4.74 Å². The molecule has 1 saturated heterocycles. The Kier molecular flexibility index (Phi) is 3.36. The van der Waals surface area contributed by atoms with E-state index in [1.807, 2.05) is 0 Å². The van der Waals surface area contributed by atoms with Crippen molar-refractivity contribution in [1.82, 2.24) is 0 Å². The quantitative estimate of drug-likeness (QED) is 0.685. The van der Waals surface area contributed by atoms with Crippen molar-refractivity contribution in [2.45, 2.75) is 60.0 Å². The molecule has 0 bridgehead atoms. The maximum absolute atomic E-state index is 6.02. The van der Waals surface area contributed by atoms with E-state index in [1.165, 1.54) is 19.3 Å². The van der Waals surface area contributed by atoms with Crippen molar-refractivity contribution in [3.8, 4) is 0 Å². The Morgan fingerprint density at radius 2 is 1.94 bits per heavy atom. The molecule has 94 valence electrons. The summed E-state index contributed by atoms with van der Waals surface area (Å²) in [5.41, 5.74) is 0.447.